The summed E-state index contributed by atoms with van der Waals surface area (Å²) in [5, 5.41) is 23.2. The number of hydrogen-bond acceptors (Lipinski definition) is 4. The van der Waals surface area contributed by atoms with Crippen molar-refractivity contribution < 1.29 is 23.8 Å². The molecule has 0 saturated carbocycles. The van der Waals surface area contributed by atoms with Gasteiger partial charge in [-0.15, -0.1) is 0 Å². The number of rotatable bonds is 12. The fourth-order valence-corrected chi connectivity index (χ4v) is 4.20. The van der Waals surface area contributed by atoms with E-state index in [1.54, 1.807) is 24.3 Å². The Morgan fingerprint density at radius 2 is 1.64 bits per heavy atom. The van der Waals surface area contributed by atoms with Crippen LogP contribution in [-0.4, -0.2) is 37.9 Å². The van der Waals surface area contributed by atoms with Crippen molar-refractivity contribution in [3.8, 4) is 11.4 Å². The molecule has 0 saturated heterocycles. The quantitative estimate of drug-likeness (QED) is 0.342. The molecule has 0 spiro atoms. The van der Waals surface area contributed by atoms with Crippen LogP contribution >= 0.6 is 0 Å². The number of aliphatic hydroxyl groups excluding tert-OH is 2. The third kappa shape index (κ3) is 7.45. The van der Waals surface area contributed by atoms with Gasteiger partial charge in [0.05, 0.1) is 30.9 Å². The van der Waals surface area contributed by atoms with Gasteiger partial charge in [-0.1, -0.05) is 32.9 Å². The summed E-state index contributed by atoms with van der Waals surface area (Å²) in [5.41, 5.74) is 3.01. The fraction of sp³-hybridized carbons (Fsp3) is 0.393. The molecule has 0 bridgehead atoms. The highest BCUT2D eigenvalue weighted by atomic mass is 19.1. The number of carbonyl (C=O) groups is 1. The third-order valence-corrected chi connectivity index (χ3v) is 6.03. The van der Waals surface area contributed by atoms with Crippen LogP contribution in [0.2, 0.25) is 0 Å². The van der Waals surface area contributed by atoms with Crippen molar-refractivity contribution in [1.29, 1.82) is 0 Å². The Labute approximate surface area is 211 Å². The zero-order chi connectivity index (χ0) is 26.2. The lowest BCUT2D eigenvalue weighted by atomic mass is 10.1. The van der Waals surface area contributed by atoms with Gasteiger partial charge >= 0.3 is 0 Å². The number of nitrogens with one attached hydrogen (secondary N) is 1. The van der Waals surface area contributed by atoms with Gasteiger partial charge in [-0.25, -0.2) is 13.8 Å². The minimum atomic E-state index is -0.718. The Morgan fingerprint density at radius 1 is 1.03 bits per heavy atom. The van der Waals surface area contributed by atoms with E-state index in [-0.39, 0.29) is 42.8 Å². The molecule has 2 aromatic carbocycles. The van der Waals surface area contributed by atoms with Crippen molar-refractivity contribution in [2.45, 2.75) is 70.7 Å². The van der Waals surface area contributed by atoms with E-state index in [2.05, 4.69) is 12.2 Å². The van der Waals surface area contributed by atoms with Crippen LogP contribution in [0.25, 0.3) is 11.4 Å². The summed E-state index contributed by atoms with van der Waals surface area (Å²) >= 11 is 0. The van der Waals surface area contributed by atoms with E-state index in [1.807, 2.05) is 18.4 Å². The van der Waals surface area contributed by atoms with Crippen LogP contribution in [0.15, 0.2) is 48.5 Å². The van der Waals surface area contributed by atoms with Gasteiger partial charge in [-0.2, -0.15) is 0 Å². The average molecular weight is 499 g/mol. The highest BCUT2D eigenvalue weighted by molar-refractivity contribution is 5.78. The molecule has 0 fully saturated rings. The van der Waals surface area contributed by atoms with E-state index >= 15 is 0 Å². The molecule has 1 heterocycles. The first kappa shape index (κ1) is 27.5. The molecule has 2 unspecified atom stereocenters. The minimum Gasteiger partial charge on any atom is -0.393 e. The van der Waals surface area contributed by atoms with Gasteiger partial charge in [0.2, 0.25) is 5.91 Å². The Kier molecular flexibility index (Phi) is 9.73. The van der Waals surface area contributed by atoms with Crippen molar-refractivity contribution in [3.63, 3.8) is 0 Å². The van der Waals surface area contributed by atoms with Crippen LogP contribution in [0.5, 0.6) is 0 Å². The van der Waals surface area contributed by atoms with E-state index in [4.69, 9.17) is 4.98 Å². The van der Waals surface area contributed by atoms with Crippen LogP contribution < -0.4 is 5.32 Å². The lowest BCUT2D eigenvalue weighted by Crippen LogP contribution is -2.25. The molecule has 36 heavy (non-hydrogen) atoms. The molecule has 8 heteroatoms. The predicted octanol–water partition coefficient (Wildman–Crippen LogP) is 4.54. The number of aromatic nitrogens is 2. The van der Waals surface area contributed by atoms with Crippen molar-refractivity contribution >= 4 is 5.91 Å². The number of halogens is 2. The molecule has 1 aromatic heterocycles. The summed E-state index contributed by atoms with van der Waals surface area (Å²) < 4.78 is 28.7. The molecular formula is C28H34F2N3O3. The van der Waals surface area contributed by atoms with Crippen molar-refractivity contribution in [3.05, 3.63) is 84.0 Å². The number of benzene rings is 2. The second-order valence-electron chi connectivity index (χ2n) is 9.28. The normalized spacial score (nSPS) is 13.1. The van der Waals surface area contributed by atoms with Gasteiger partial charge in [0, 0.05) is 17.8 Å². The SMILES string of the molecule is [CH2]CC(O)CC(O)CCn1c(-c2ccc(F)cc2)nc(CNC(=O)Cc2ccc(F)cc2)c1C(C)C. The van der Waals surface area contributed by atoms with Crippen molar-refractivity contribution in [1.82, 2.24) is 14.9 Å². The van der Waals surface area contributed by atoms with Crippen molar-refractivity contribution in [2.24, 2.45) is 0 Å². The van der Waals surface area contributed by atoms with Crippen molar-refractivity contribution in [2.75, 3.05) is 0 Å². The maximum absolute atomic E-state index is 13.6. The molecule has 2 atom stereocenters. The second-order valence-corrected chi connectivity index (χ2v) is 9.28. The van der Waals surface area contributed by atoms with E-state index in [1.165, 1.54) is 24.3 Å². The Hall–Kier alpha value is -3.10. The number of hydrogen-bond donors (Lipinski definition) is 3. The van der Waals surface area contributed by atoms with E-state index in [9.17, 15) is 23.8 Å². The van der Waals surface area contributed by atoms with Crippen LogP contribution in [-0.2, 0) is 24.3 Å². The molecule has 1 radical (unpaired) electrons. The number of aliphatic hydroxyl groups is 2. The monoisotopic (exact) mass is 498 g/mol. The summed E-state index contributed by atoms with van der Waals surface area (Å²) in [6, 6.07) is 11.8. The predicted molar refractivity (Wildman–Crippen MR) is 135 cm³/mol. The highest BCUT2D eigenvalue weighted by Gasteiger charge is 2.22. The van der Waals surface area contributed by atoms with Crippen LogP contribution in [0, 0.1) is 18.6 Å². The minimum absolute atomic E-state index is 0.0540. The Morgan fingerprint density at radius 3 is 2.22 bits per heavy atom. The first-order valence-corrected chi connectivity index (χ1v) is 12.2. The summed E-state index contributed by atoms with van der Waals surface area (Å²) in [6.45, 7) is 8.33. The molecule has 1 amide bonds. The van der Waals surface area contributed by atoms with Gasteiger partial charge in [-0.05, 0) is 67.1 Å². The molecule has 3 aromatic rings. The Balaban J connectivity index is 1.85. The average Bonchev–Trinajstić information content (AvgIpc) is 3.22. The maximum Gasteiger partial charge on any atom is 0.224 e. The smallest absolute Gasteiger partial charge is 0.224 e. The van der Waals surface area contributed by atoms with E-state index in [0.717, 1.165) is 11.3 Å². The molecule has 193 valence electrons. The zero-order valence-corrected chi connectivity index (χ0v) is 20.8. The van der Waals surface area contributed by atoms with Crippen LogP contribution in [0.4, 0.5) is 8.78 Å². The van der Waals surface area contributed by atoms with Crippen LogP contribution in [0.1, 0.15) is 56.0 Å². The van der Waals surface area contributed by atoms with Crippen LogP contribution in [0.3, 0.4) is 0 Å². The third-order valence-electron chi connectivity index (χ3n) is 6.03. The first-order chi connectivity index (χ1) is 17.2. The number of amides is 1. The molecular weight excluding hydrogens is 464 g/mol. The molecule has 3 rings (SSSR count). The number of nitrogens with zero attached hydrogens (tertiary/aromatic N) is 2. The maximum atomic E-state index is 13.6. The van der Waals surface area contributed by atoms with Gasteiger partial charge in [0.1, 0.15) is 17.5 Å². The highest BCUT2D eigenvalue weighted by Crippen LogP contribution is 2.29. The van der Waals surface area contributed by atoms with Gasteiger partial charge in [0.25, 0.3) is 0 Å². The second kappa shape index (κ2) is 12.7. The molecule has 0 aliphatic rings. The van der Waals surface area contributed by atoms with Gasteiger partial charge in [0.15, 0.2) is 0 Å². The topological polar surface area (TPSA) is 87.4 Å². The number of imidazole rings is 1. The lowest BCUT2D eigenvalue weighted by molar-refractivity contribution is -0.120. The molecule has 3 N–H and O–H groups in total. The molecule has 6 nitrogen and oxygen atoms in total. The standard InChI is InChI=1S/C28H34F2N3O3/c1-4-23(34)16-24(35)13-14-33-27(18(2)3)25(32-28(33)20-7-11-22(30)12-8-20)17-31-26(36)15-19-5-9-21(29)10-6-19/h5-12,18,23-24,34-35H,1,4,13-17H2,2-3H3,(H,31,36). The van der Waals surface area contributed by atoms with E-state index in [0.29, 0.717) is 36.5 Å². The summed E-state index contributed by atoms with van der Waals surface area (Å²) in [4.78, 5) is 17.4. The fourth-order valence-electron chi connectivity index (χ4n) is 4.20. The van der Waals surface area contributed by atoms with Gasteiger partial charge < -0.3 is 20.1 Å². The summed E-state index contributed by atoms with van der Waals surface area (Å²) in [6.07, 6.45) is -0.337. The summed E-state index contributed by atoms with van der Waals surface area (Å²) in [7, 11) is 0. The lowest BCUT2D eigenvalue weighted by Gasteiger charge is -2.19. The molecule has 0 aliphatic heterocycles. The first-order valence-electron chi connectivity index (χ1n) is 12.2. The largest absolute Gasteiger partial charge is 0.393 e. The molecule has 0 aliphatic carbocycles. The van der Waals surface area contributed by atoms with E-state index < -0.39 is 12.2 Å². The van der Waals surface area contributed by atoms with Gasteiger partial charge in [-0.3, -0.25) is 4.79 Å². The Bertz CT molecular complexity index is 1130. The summed E-state index contributed by atoms with van der Waals surface area (Å²) in [5.74, 6) is -0.256. The number of carbonyl (C=O) groups excluding carboxylic acids is 1. The zero-order valence-electron chi connectivity index (χ0n) is 20.8.